The maximum atomic E-state index is 13.3. The third kappa shape index (κ3) is 6.12. The third-order valence-corrected chi connectivity index (χ3v) is 6.53. The SMILES string of the molecule is C[NH+](CCNC(=O)CN1C(=O)C(=Cc2ccccc2)Sc2ccccc21)Cc1ccccc1. The molecule has 0 saturated carbocycles. The fraction of sp³-hybridized carbons (Fsp3) is 0.185. The zero-order valence-electron chi connectivity index (χ0n) is 18.7. The maximum absolute atomic E-state index is 13.3. The molecule has 0 aromatic heterocycles. The lowest BCUT2D eigenvalue weighted by atomic mass is 10.2. The van der Waals surface area contributed by atoms with E-state index in [1.54, 1.807) is 4.90 Å². The lowest BCUT2D eigenvalue weighted by Crippen LogP contribution is -3.08. The van der Waals surface area contributed by atoms with Gasteiger partial charge >= 0.3 is 0 Å². The van der Waals surface area contributed by atoms with Gasteiger partial charge in [0.1, 0.15) is 13.1 Å². The van der Waals surface area contributed by atoms with Crippen LogP contribution in [0.15, 0.2) is 94.7 Å². The summed E-state index contributed by atoms with van der Waals surface area (Å²) >= 11 is 1.45. The number of likely N-dealkylation sites (N-methyl/N-ethyl adjacent to an activating group) is 1. The van der Waals surface area contributed by atoms with Gasteiger partial charge < -0.3 is 10.2 Å². The Bertz CT molecular complexity index is 1130. The maximum Gasteiger partial charge on any atom is 0.265 e. The van der Waals surface area contributed by atoms with E-state index in [9.17, 15) is 9.59 Å². The second-order valence-corrected chi connectivity index (χ2v) is 9.18. The minimum absolute atomic E-state index is 0.000267. The number of nitrogens with zero attached hydrogens (tertiary/aromatic N) is 1. The van der Waals surface area contributed by atoms with Gasteiger partial charge in [0.05, 0.1) is 30.7 Å². The molecule has 168 valence electrons. The van der Waals surface area contributed by atoms with E-state index in [0.29, 0.717) is 11.4 Å². The highest BCUT2D eigenvalue weighted by Crippen LogP contribution is 2.41. The molecular formula is C27H28N3O2S+. The Kier molecular flexibility index (Phi) is 7.60. The number of benzene rings is 3. The van der Waals surface area contributed by atoms with Gasteiger partial charge in [0, 0.05) is 10.5 Å². The first-order valence-electron chi connectivity index (χ1n) is 11.1. The van der Waals surface area contributed by atoms with E-state index < -0.39 is 0 Å². The lowest BCUT2D eigenvalue weighted by molar-refractivity contribution is -0.892. The highest BCUT2D eigenvalue weighted by Gasteiger charge is 2.30. The normalized spacial score (nSPS) is 15.2. The molecule has 1 heterocycles. The van der Waals surface area contributed by atoms with Crippen LogP contribution in [0.4, 0.5) is 5.69 Å². The number of amides is 2. The van der Waals surface area contributed by atoms with E-state index in [-0.39, 0.29) is 18.4 Å². The molecule has 1 unspecified atom stereocenters. The van der Waals surface area contributed by atoms with Crippen molar-refractivity contribution in [1.29, 1.82) is 0 Å². The summed E-state index contributed by atoms with van der Waals surface area (Å²) in [5, 5.41) is 2.98. The van der Waals surface area contributed by atoms with Crippen LogP contribution >= 0.6 is 11.8 Å². The molecule has 1 aliphatic heterocycles. The van der Waals surface area contributed by atoms with E-state index >= 15 is 0 Å². The first-order valence-corrected chi connectivity index (χ1v) is 11.9. The number of carbonyl (C=O) groups is 2. The van der Waals surface area contributed by atoms with Gasteiger partial charge in [0.15, 0.2) is 0 Å². The summed E-state index contributed by atoms with van der Waals surface area (Å²) in [5.41, 5.74) is 3.01. The smallest absolute Gasteiger partial charge is 0.265 e. The van der Waals surface area contributed by atoms with Gasteiger partial charge in [-0.2, -0.15) is 0 Å². The molecule has 0 fully saturated rings. The average Bonchev–Trinajstić information content (AvgIpc) is 2.83. The number of hydrogen-bond donors (Lipinski definition) is 2. The van der Waals surface area contributed by atoms with Crippen molar-refractivity contribution in [2.45, 2.75) is 11.4 Å². The second-order valence-electron chi connectivity index (χ2n) is 8.10. The van der Waals surface area contributed by atoms with Crippen molar-refractivity contribution in [1.82, 2.24) is 5.32 Å². The van der Waals surface area contributed by atoms with Crippen molar-refractivity contribution < 1.29 is 14.5 Å². The predicted octanol–water partition coefficient (Wildman–Crippen LogP) is 3.00. The summed E-state index contributed by atoms with van der Waals surface area (Å²) in [7, 11) is 2.11. The van der Waals surface area contributed by atoms with E-state index in [1.807, 2.05) is 78.9 Å². The monoisotopic (exact) mass is 458 g/mol. The number of thioether (sulfide) groups is 1. The van der Waals surface area contributed by atoms with Gasteiger partial charge in [0.25, 0.3) is 5.91 Å². The standard InChI is InChI=1S/C27H27N3O2S/c1-29(19-22-12-6-3-7-13-22)17-16-28-26(31)20-30-23-14-8-9-15-24(23)33-25(27(30)32)18-21-10-4-2-5-11-21/h2-15,18H,16-17,19-20H2,1H3,(H,28,31)/p+1. The number of para-hydroxylation sites is 1. The molecule has 33 heavy (non-hydrogen) atoms. The quantitative estimate of drug-likeness (QED) is 0.511. The summed E-state index contributed by atoms with van der Waals surface area (Å²) in [6.45, 7) is 2.27. The summed E-state index contributed by atoms with van der Waals surface area (Å²) in [5.74, 6) is -0.304. The third-order valence-electron chi connectivity index (χ3n) is 5.45. The number of anilines is 1. The van der Waals surface area contributed by atoms with Crippen LogP contribution in [-0.2, 0) is 16.1 Å². The largest absolute Gasteiger partial charge is 0.349 e. The zero-order valence-corrected chi connectivity index (χ0v) is 19.5. The topological polar surface area (TPSA) is 53.9 Å². The van der Waals surface area contributed by atoms with Crippen LogP contribution in [0, 0.1) is 0 Å². The number of hydrogen-bond acceptors (Lipinski definition) is 3. The fourth-order valence-electron chi connectivity index (χ4n) is 3.77. The summed E-state index contributed by atoms with van der Waals surface area (Å²) in [6.07, 6.45) is 1.88. The molecule has 0 spiro atoms. The van der Waals surface area contributed by atoms with Gasteiger partial charge in [0.2, 0.25) is 5.91 Å². The molecule has 6 heteroatoms. The van der Waals surface area contributed by atoms with E-state index in [4.69, 9.17) is 0 Å². The molecule has 1 atom stereocenters. The van der Waals surface area contributed by atoms with Crippen molar-refractivity contribution in [3.63, 3.8) is 0 Å². The van der Waals surface area contributed by atoms with Crippen LogP contribution in [0.25, 0.3) is 6.08 Å². The highest BCUT2D eigenvalue weighted by molar-refractivity contribution is 8.04. The van der Waals surface area contributed by atoms with Crippen molar-refractivity contribution in [2.75, 3.05) is 31.6 Å². The Morgan fingerprint density at radius 1 is 0.970 bits per heavy atom. The number of nitrogens with one attached hydrogen (secondary N) is 2. The van der Waals surface area contributed by atoms with Crippen molar-refractivity contribution >= 4 is 35.3 Å². The average molecular weight is 459 g/mol. The fourth-order valence-corrected chi connectivity index (χ4v) is 4.83. The number of quaternary nitrogens is 1. The predicted molar refractivity (Wildman–Crippen MR) is 134 cm³/mol. The van der Waals surface area contributed by atoms with Gasteiger partial charge in [-0.05, 0) is 23.8 Å². The van der Waals surface area contributed by atoms with Crippen LogP contribution in [0.5, 0.6) is 0 Å². The van der Waals surface area contributed by atoms with Gasteiger partial charge in [-0.3, -0.25) is 14.5 Å². The second kappa shape index (κ2) is 11.0. The van der Waals surface area contributed by atoms with Crippen LogP contribution in [0.2, 0.25) is 0 Å². The van der Waals surface area contributed by atoms with E-state index in [2.05, 4.69) is 24.5 Å². The Morgan fingerprint density at radius 3 is 2.39 bits per heavy atom. The molecule has 3 aromatic carbocycles. The molecule has 1 aliphatic rings. The van der Waals surface area contributed by atoms with Gasteiger partial charge in [-0.15, -0.1) is 0 Å². The zero-order chi connectivity index (χ0) is 23.0. The molecule has 0 saturated heterocycles. The highest BCUT2D eigenvalue weighted by atomic mass is 32.2. The van der Waals surface area contributed by atoms with Gasteiger partial charge in [-0.1, -0.05) is 84.6 Å². The van der Waals surface area contributed by atoms with Crippen LogP contribution in [0.3, 0.4) is 0 Å². The molecule has 3 aromatic rings. The first-order chi connectivity index (χ1) is 16.1. The van der Waals surface area contributed by atoms with Gasteiger partial charge in [-0.25, -0.2) is 0 Å². The number of fused-ring (bicyclic) bond motifs is 1. The van der Waals surface area contributed by atoms with Crippen molar-refractivity contribution in [3.05, 3.63) is 101 Å². The van der Waals surface area contributed by atoms with Crippen LogP contribution in [0.1, 0.15) is 11.1 Å². The summed E-state index contributed by atoms with van der Waals surface area (Å²) in [4.78, 5) is 30.5. The van der Waals surface area contributed by atoms with Crippen LogP contribution in [-0.4, -0.2) is 38.5 Å². The molecule has 0 radical (unpaired) electrons. The summed E-state index contributed by atoms with van der Waals surface area (Å²) < 4.78 is 0. The Hall–Kier alpha value is -3.35. The lowest BCUT2D eigenvalue weighted by Gasteiger charge is -2.29. The van der Waals surface area contributed by atoms with Crippen LogP contribution < -0.4 is 15.1 Å². The molecular weight excluding hydrogens is 430 g/mol. The minimum Gasteiger partial charge on any atom is -0.349 e. The van der Waals surface area contributed by atoms with E-state index in [0.717, 1.165) is 29.2 Å². The summed E-state index contributed by atoms with van der Waals surface area (Å²) in [6, 6.07) is 27.8. The van der Waals surface area contributed by atoms with Crippen molar-refractivity contribution in [3.8, 4) is 0 Å². The molecule has 2 amide bonds. The molecule has 5 nitrogen and oxygen atoms in total. The molecule has 4 rings (SSSR count). The number of rotatable bonds is 8. The first kappa shape index (κ1) is 22.8. The minimum atomic E-state index is -0.156. The molecule has 0 bridgehead atoms. The molecule has 0 aliphatic carbocycles. The van der Waals surface area contributed by atoms with Crippen molar-refractivity contribution in [2.24, 2.45) is 0 Å². The van der Waals surface area contributed by atoms with E-state index in [1.165, 1.54) is 22.2 Å². The Labute approximate surface area is 199 Å². The Balaban J connectivity index is 1.39. The Morgan fingerprint density at radius 2 is 1.64 bits per heavy atom. The molecule has 2 N–H and O–H groups in total. The number of carbonyl (C=O) groups excluding carboxylic acids is 2.